The van der Waals surface area contributed by atoms with Crippen LogP contribution in [-0.4, -0.2) is 37.5 Å². The van der Waals surface area contributed by atoms with E-state index in [1.54, 1.807) is 7.11 Å². The summed E-state index contributed by atoms with van der Waals surface area (Å²) in [6.07, 6.45) is 0.891. The highest BCUT2D eigenvalue weighted by molar-refractivity contribution is 5.61. The number of hydrogen-bond acceptors (Lipinski definition) is 5. The molecule has 5 heteroatoms. The molecule has 1 unspecified atom stereocenters. The van der Waals surface area contributed by atoms with Gasteiger partial charge in [-0.05, 0) is 19.1 Å². The molecule has 2 heterocycles. The van der Waals surface area contributed by atoms with Gasteiger partial charge in [-0.3, -0.25) is 0 Å². The maximum absolute atomic E-state index is 5.86. The Bertz CT molecular complexity index is 389. The molecule has 1 saturated heterocycles. The fraction of sp³-hybridized carbons (Fsp3) is 0.583. The van der Waals surface area contributed by atoms with Crippen molar-refractivity contribution in [1.82, 2.24) is 4.98 Å². The molecule has 0 amide bonds. The first kappa shape index (κ1) is 12.1. The van der Waals surface area contributed by atoms with Crippen LogP contribution in [0.4, 0.5) is 11.5 Å². The molecular weight excluding hydrogens is 218 g/mol. The number of methoxy groups -OCH3 is 1. The van der Waals surface area contributed by atoms with E-state index in [9.17, 15) is 0 Å². The lowest BCUT2D eigenvalue weighted by molar-refractivity contribution is -0.00624. The molecule has 1 aromatic rings. The first-order valence-electron chi connectivity index (χ1n) is 5.75. The SMILES string of the molecule is COC1(CNc2nc(C)ccc2N)CCOC1. The van der Waals surface area contributed by atoms with Crippen molar-refractivity contribution in [1.29, 1.82) is 0 Å². The molecule has 94 valence electrons. The van der Waals surface area contributed by atoms with Crippen molar-refractivity contribution in [2.45, 2.75) is 18.9 Å². The van der Waals surface area contributed by atoms with Gasteiger partial charge in [0.05, 0.1) is 12.3 Å². The molecule has 1 aromatic heterocycles. The van der Waals surface area contributed by atoms with Gasteiger partial charge in [0, 0.05) is 32.4 Å². The maximum atomic E-state index is 5.86. The molecule has 3 N–H and O–H groups in total. The third-order valence-corrected chi connectivity index (χ3v) is 3.14. The lowest BCUT2D eigenvalue weighted by Crippen LogP contribution is -2.39. The monoisotopic (exact) mass is 237 g/mol. The minimum Gasteiger partial charge on any atom is -0.396 e. The van der Waals surface area contributed by atoms with Crippen LogP contribution in [0.1, 0.15) is 12.1 Å². The van der Waals surface area contributed by atoms with E-state index in [2.05, 4.69) is 10.3 Å². The number of aryl methyl sites for hydroxylation is 1. The van der Waals surface area contributed by atoms with Gasteiger partial charge >= 0.3 is 0 Å². The van der Waals surface area contributed by atoms with Crippen molar-refractivity contribution in [2.24, 2.45) is 0 Å². The minimum atomic E-state index is -0.252. The average molecular weight is 237 g/mol. The van der Waals surface area contributed by atoms with Crippen LogP contribution >= 0.6 is 0 Å². The summed E-state index contributed by atoms with van der Waals surface area (Å²) >= 11 is 0. The summed E-state index contributed by atoms with van der Waals surface area (Å²) in [4.78, 5) is 4.37. The lowest BCUT2D eigenvalue weighted by atomic mass is 10.0. The standard InChI is InChI=1S/C12H19N3O2/c1-9-3-4-10(13)11(15-9)14-7-12(16-2)5-6-17-8-12/h3-4H,5-8,13H2,1-2H3,(H,14,15). The van der Waals surface area contributed by atoms with Gasteiger partial charge in [-0.1, -0.05) is 0 Å². The van der Waals surface area contributed by atoms with Crippen molar-refractivity contribution >= 4 is 11.5 Å². The van der Waals surface area contributed by atoms with Crippen LogP contribution in [0, 0.1) is 6.92 Å². The zero-order valence-corrected chi connectivity index (χ0v) is 10.3. The summed E-state index contributed by atoms with van der Waals surface area (Å²) in [7, 11) is 1.71. The van der Waals surface area contributed by atoms with Crippen molar-refractivity contribution in [3.05, 3.63) is 17.8 Å². The van der Waals surface area contributed by atoms with Gasteiger partial charge in [-0.2, -0.15) is 0 Å². The fourth-order valence-electron chi connectivity index (χ4n) is 1.91. The molecule has 0 aromatic carbocycles. The molecule has 2 rings (SSSR count). The van der Waals surface area contributed by atoms with Crippen LogP contribution in [0.15, 0.2) is 12.1 Å². The number of aromatic nitrogens is 1. The van der Waals surface area contributed by atoms with Crippen LogP contribution in [0.5, 0.6) is 0 Å². The third kappa shape index (κ3) is 2.68. The van der Waals surface area contributed by atoms with Crippen molar-refractivity contribution in [2.75, 3.05) is 37.9 Å². The zero-order chi connectivity index (χ0) is 12.3. The number of rotatable bonds is 4. The number of pyridine rings is 1. The number of nitrogens with zero attached hydrogens (tertiary/aromatic N) is 1. The van der Waals surface area contributed by atoms with Gasteiger partial charge in [0.2, 0.25) is 0 Å². The normalized spacial score (nSPS) is 23.9. The largest absolute Gasteiger partial charge is 0.396 e. The molecule has 1 aliphatic rings. The Kier molecular flexibility index (Phi) is 3.49. The second-order valence-electron chi connectivity index (χ2n) is 4.43. The van der Waals surface area contributed by atoms with E-state index in [4.69, 9.17) is 15.2 Å². The minimum absolute atomic E-state index is 0.252. The number of ether oxygens (including phenoxy) is 2. The summed E-state index contributed by atoms with van der Waals surface area (Å²) in [5, 5.41) is 3.25. The Morgan fingerprint density at radius 1 is 1.59 bits per heavy atom. The van der Waals surface area contributed by atoms with Gasteiger partial charge in [0.15, 0.2) is 0 Å². The first-order valence-corrected chi connectivity index (χ1v) is 5.75. The van der Waals surface area contributed by atoms with Gasteiger partial charge in [0.1, 0.15) is 11.4 Å². The highest BCUT2D eigenvalue weighted by Crippen LogP contribution is 2.24. The van der Waals surface area contributed by atoms with Crippen molar-refractivity contribution in [3.8, 4) is 0 Å². The van der Waals surface area contributed by atoms with E-state index in [0.29, 0.717) is 24.7 Å². The van der Waals surface area contributed by atoms with Crippen LogP contribution in [0.2, 0.25) is 0 Å². The Morgan fingerprint density at radius 3 is 3.06 bits per heavy atom. The Balaban J connectivity index is 2.03. The van der Waals surface area contributed by atoms with E-state index in [0.717, 1.165) is 18.7 Å². The van der Waals surface area contributed by atoms with Crippen LogP contribution in [0.3, 0.4) is 0 Å². The molecule has 1 atom stereocenters. The number of anilines is 2. The summed E-state index contributed by atoms with van der Waals surface area (Å²) in [6, 6.07) is 3.75. The average Bonchev–Trinajstić information content (AvgIpc) is 2.80. The number of nitrogens with two attached hydrogens (primary N) is 1. The maximum Gasteiger partial charge on any atom is 0.149 e. The van der Waals surface area contributed by atoms with E-state index in [-0.39, 0.29) is 5.60 Å². The molecular formula is C12H19N3O2. The van der Waals surface area contributed by atoms with Crippen LogP contribution < -0.4 is 11.1 Å². The highest BCUT2D eigenvalue weighted by Gasteiger charge is 2.34. The predicted octanol–water partition coefficient (Wildman–Crippen LogP) is 1.19. The topological polar surface area (TPSA) is 69.4 Å². The Labute approximate surface area is 101 Å². The van der Waals surface area contributed by atoms with Crippen LogP contribution in [-0.2, 0) is 9.47 Å². The second-order valence-corrected chi connectivity index (χ2v) is 4.43. The molecule has 0 spiro atoms. The Morgan fingerprint density at radius 2 is 2.41 bits per heavy atom. The third-order valence-electron chi connectivity index (χ3n) is 3.14. The Hall–Kier alpha value is -1.33. The molecule has 5 nitrogen and oxygen atoms in total. The predicted molar refractivity (Wildman–Crippen MR) is 67.1 cm³/mol. The summed E-state index contributed by atoms with van der Waals surface area (Å²) in [6.45, 7) is 3.95. The smallest absolute Gasteiger partial charge is 0.149 e. The van der Waals surface area contributed by atoms with Gasteiger partial charge < -0.3 is 20.5 Å². The number of hydrogen-bond donors (Lipinski definition) is 2. The van der Waals surface area contributed by atoms with E-state index in [1.165, 1.54) is 0 Å². The van der Waals surface area contributed by atoms with Crippen molar-refractivity contribution in [3.63, 3.8) is 0 Å². The summed E-state index contributed by atoms with van der Waals surface area (Å²) < 4.78 is 10.9. The fourth-order valence-corrected chi connectivity index (χ4v) is 1.91. The lowest BCUT2D eigenvalue weighted by Gasteiger charge is -2.26. The van der Waals surface area contributed by atoms with E-state index in [1.807, 2.05) is 19.1 Å². The first-order chi connectivity index (χ1) is 8.15. The van der Waals surface area contributed by atoms with Crippen molar-refractivity contribution < 1.29 is 9.47 Å². The molecule has 17 heavy (non-hydrogen) atoms. The summed E-state index contributed by atoms with van der Waals surface area (Å²) in [5.41, 5.74) is 7.20. The van der Waals surface area contributed by atoms with Crippen LogP contribution in [0.25, 0.3) is 0 Å². The molecule has 1 fully saturated rings. The summed E-state index contributed by atoms with van der Waals surface area (Å²) in [5.74, 6) is 0.716. The second kappa shape index (κ2) is 4.89. The molecule has 0 saturated carbocycles. The van der Waals surface area contributed by atoms with E-state index < -0.39 is 0 Å². The van der Waals surface area contributed by atoms with E-state index >= 15 is 0 Å². The number of nitrogens with one attached hydrogen (secondary N) is 1. The van der Waals surface area contributed by atoms with Gasteiger partial charge in [0.25, 0.3) is 0 Å². The van der Waals surface area contributed by atoms with Gasteiger partial charge in [-0.15, -0.1) is 0 Å². The molecule has 0 bridgehead atoms. The molecule has 1 aliphatic heterocycles. The van der Waals surface area contributed by atoms with Gasteiger partial charge in [-0.25, -0.2) is 4.98 Å². The molecule has 0 radical (unpaired) electrons. The quantitative estimate of drug-likeness (QED) is 0.823. The highest BCUT2D eigenvalue weighted by atomic mass is 16.5. The number of nitrogen functional groups attached to an aromatic ring is 1. The zero-order valence-electron chi connectivity index (χ0n) is 10.3. The molecule has 0 aliphatic carbocycles.